The number of ether oxygens (including phenoxy) is 1. The van der Waals surface area contributed by atoms with Crippen LogP contribution < -0.4 is 0 Å². The quantitative estimate of drug-likeness (QED) is 0.311. The Morgan fingerprint density at radius 3 is 1.84 bits per heavy atom. The van der Waals surface area contributed by atoms with Crippen LogP contribution in [0.2, 0.25) is 0 Å². The molecule has 19 heavy (non-hydrogen) atoms. The molecule has 7 nitrogen and oxygen atoms in total. The fraction of sp³-hybridized carbons (Fsp3) is 1.00. The Kier molecular flexibility index (Phi) is 4.35. The average molecular weight is 280 g/mol. The van der Waals surface area contributed by atoms with Crippen molar-refractivity contribution in [1.82, 2.24) is 0 Å². The van der Waals surface area contributed by atoms with Gasteiger partial charge in [-0.3, -0.25) is 0 Å². The van der Waals surface area contributed by atoms with Gasteiger partial charge in [-0.2, -0.15) is 0 Å². The Bertz CT molecular complexity index is 332. The van der Waals surface area contributed by atoms with Crippen molar-refractivity contribution in [3.05, 3.63) is 0 Å². The number of hydrogen-bond acceptors (Lipinski definition) is 7. The van der Waals surface area contributed by atoms with Crippen molar-refractivity contribution >= 4 is 0 Å². The van der Waals surface area contributed by atoms with Crippen LogP contribution in [0.3, 0.4) is 0 Å². The minimum absolute atomic E-state index is 0.109. The molecule has 6 N–H and O–H groups in total. The van der Waals surface area contributed by atoms with E-state index in [1.807, 2.05) is 0 Å². The van der Waals surface area contributed by atoms with Gasteiger partial charge in [0, 0.05) is 0 Å². The SMILES string of the molecule is CCC(O)(CC)[C@](O)(CC)[C@@]1(O)O[C@]1(O)[C@@H](O)CO. The first-order valence-electron chi connectivity index (χ1n) is 6.51. The van der Waals surface area contributed by atoms with E-state index in [2.05, 4.69) is 0 Å². The molecular weight excluding hydrogens is 256 g/mol. The molecule has 0 radical (unpaired) electrons. The molecule has 114 valence electrons. The fourth-order valence-corrected chi connectivity index (χ4v) is 2.72. The molecule has 0 aromatic heterocycles. The highest BCUT2D eigenvalue weighted by molar-refractivity contribution is 5.21. The summed E-state index contributed by atoms with van der Waals surface area (Å²) in [6.07, 6.45) is -1.66. The van der Waals surface area contributed by atoms with E-state index in [1.54, 1.807) is 13.8 Å². The number of epoxide rings is 1. The molecule has 4 atom stereocenters. The molecule has 0 amide bonds. The number of aliphatic hydroxyl groups is 6. The Morgan fingerprint density at radius 1 is 1.05 bits per heavy atom. The van der Waals surface area contributed by atoms with Crippen LogP contribution >= 0.6 is 0 Å². The third kappa shape index (κ3) is 1.92. The summed E-state index contributed by atoms with van der Waals surface area (Å²) in [6, 6.07) is 0. The van der Waals surface area contributed by atoms with E-state index >= 15 is 0 Å². The average Bonchev–Trinajstić information content (AvgIpc) is 3.01. The van der Waals surface area contributed by atoms with E-state index in [0.717, 1.165) is 0 Å². The Hall–Kier alpha value is -0.280. The summed E-state index contributed by atoms with van der Waals surface area (Å²) in [5.74, 6) is -5.03. The second kappa shape index (κ2) is 4.92. The molecular formula is C12H24O7. The molecule has 0 bridgehead atoms. The normalized spacial score (nSPS) is 35.8. The van der Waals surface area contributed by atoms with Gasteiger partial charge in [0.05, 0.1) is 12.2 Å². The summed E-state index contributed by atoms with van der Waals surface area (Å²) in [6.45, 7) is 3.91. The van der Waals surface area contributed by atoms with E-state index in [-0.39, 0.29) is 19.3 Å². The molecule has 0 aromatic rings. The van der Waals surface area contributed by atoms with Gasteiger partial charge in [0.2, 0.25) is 0 Å². The van der Waals surface area contributed by atoms with Crippen molar-refractivity contribution in [3.8, 4) is 0 Å². The highest BCUT2D eigenvalue weighted by Crippen LogP contribution is 2.58. The highest BCUT2D eigenvalue weighted by atomic mass is 16.9. The van der Waals surface area contributed by atoms with Crippen LogP contribution in [0.4, 0.5) is 0 Å². The minimum Gasteiger partial charge on any atom is -0.393 e. The van der Waals surface area contributed by atoms with Gasteiger partial charge in [0.1, 0.15) is 6.10 Å². The second-order valence-electron chi connectivity index (χ2n) is 5.09. The van der Waals surface area contributed by atoms with E-state index in [0.29, 0.717) is 0 Å². The lowest BCUT2D eigenvalue weighted by atomic mass is 9.71. The predicted octanol–water partition coefficient (Wildman–Crippen LogP) is -1.56. The molecule has 0 spiro atoms. The third-order valence-corrected chi connectivity index (χ3v) is 4.38. The summed E-state index contributed by atoms with van der Waals surface area (Å²) >= 11 is 0. The van der Waals surface area contributed by atoms with Crippen LogP contribution in [0.5, 0.6) is 0 Å². The molecule has 1 aliphatic rings. The monoisotopic (exact) mass is 280 g/mol. The maximum atomic E-state index is 10.6. The number of rotatable bonds is 7. The topological polar surface area (TPSA) is 134 Å². The molecule has 0 aromatic carbocycles. The van der Waals surface area contributed by atoms with Crippen LogP contribution in [0, 0.1) is 0 Å². The lowest BCUT2D eigenvalue weighted by molar-refractivity contribution is -0.253. The zero-order valence-electron chi connectivity index (χ0n) is 11.5. The van der Waals surface area contributed by atoms with Gasteiger partial charge < -0.3 is 35.4 Å². The van der Waals surface area contributed by atoms with Crippen LogP contribution in [-0.2, 0) is 4.74 Å². The third-order valence-electron chi connectivity index (χ3n) is 4.38. The second-order valence-corrected chi connectivity index (χ2v) is 5.09. The molecule has 0 aliphatic carbocycles. The van der Waals surface area contributed by atoms with Gasteiger partial charge in [-0.05, 0) is 19.3 Å². The zero-order chi connectivity index (χ0) is 15.1. The molecule has 0 unspecified atom stereocenters. The van der Waals surface area contributed by atoms with Crippen LogP contribution in [0.25, 0.3) is 0 Å². The first kappa shape index (κ1) is 16.8. The van der Waals surface area contributed by atoms with Gasteiger partial charge in [-0.1, -0.05) is 20.8 Å². The standard InChI is InChI=1S/C12H24O7/c1-4-9(15,5-2)10(16,6-3)12(18)11(17,19-12)8(14)7-13/h8,13-18H,4-7H2,1-3H3/t8-,10+,11+,12+/m0/s1. The van der Waals surface area contributed by atoms with Gasteiger partial charge in [0.25, 0.3) is 11.6 Å². The molecule has 0 saturated carbocycles. The highest BCUT2D eigenvalue weighted by Gasteiger charge is 2.84. The van der Waals surface area contributed by atoms with Gasteiger partial charge in [-0.25, -0.2) is 0 Å². The summed E-state index contributed by atoms with van der Waals surface area (Å²) < 4.78 is 4.74. The summed E-state index contributed by atoms with van der Waals surface area (Å²) in [5, 5.41) is 59.7. The van der Waals surface area contributed by atoms with Crippen molar-refractivity contribution in [2.24, 2.45) is 0 Å². The smallest absolute Gasteiger partial charge is 0.259 e. The number of aliphatic hydroxyl groups excluding tert-OH is 2. The van der Waals surface area contributed by atoms with E-state index < -0.39 is 35.5 Å². The predicted molar refractivity (Wildman–Crippen MR) is 64.8 cm³/mol. The fourth-order valence-electron chi connectivity index (χ4n) is 2.72. The largest absolute Gasteiger partial charge is 0.393 e. The molecule has 1 heterocycles. The summed E-state index contributed by atoms with van der Waals surface area (Å²) in [4.78, 5) is 0. The van der Waals surface area contributed by atoms with Gasteiger partial charge in [0.15, 0.2) is 5.60 Å². The lowest BCUT2D eigenvalue weighted by Gasteiger charge is -2.44. The van der Waals surface area contributed by atoms with Crippen LogP contribution in [-0.4, -0.2) is 66.1 Å². The summed E-state index contributed by atoms with van der Waals surface area (Å²) in [7, 11) is 0. The molecule has 7 heteroatoms. The van der Waals surface area contributed by atoms with Crippen molar-refractivity contribution in [1.29, 1.82) is 0 Å². The Morgan fingerprint density at radius 2 is 1.53 bits per heavy atom. The van der Waals surface area contributed by atoms with E-state index in [4.69, 9.17) is 9.84 Å². The van der Waals surface area contributed by atoms with Gasteiger partial charge in [-0.15, -0.1) is 0 Å². The van der Waals surface area contributed by atoms with Crippen molar-refractivity contribution in [2.75, 3.05) is 6.61 Å². The van der Waals surface area contributed by atoms with Gasteiger partial charge >= 0.3 is 0 Å². The zero-order valence-corrected chi connectivity index (χ0v) is 11.5. The van der Waals surface area contributed by atoms with Crippen molar-refractivity contribution in [2.45, 2.75) is 68.9 Å². The lowest BCUT2D eigenvalue weighted by Crippen LogP contribution is -2.65. The van der Waals surface area contributed by atoms with Crippen molar-refractivity contribution < 1.29 is 35.4 Å². The minimum atomic E-state index is -2.53. The molecule has 1 saturated heterocycles. The maximum Gasteiger partial charge on any atom is 0.259 e. The number of hydrogen-bond donors (Lipinski definition) is 6. The van der Waals surface area contributed by atoms with Crippen molar-refractivity contribution in [3.63, 3.8) is 0 Å². The molecule has 1 aliphatic heterocycles. The van der Waals surface area contributed by atoms with Crippen LogP contribution in [0.15, 0.2) is 0 Å². The summed E-state index contributed by atoms with van der Waals surface area (Å²) in [5.41, 5.74) is -3.87. The maximum absolute atomic E-state index is 10.6. The Balaban J connectivity index is 3.19. The van der Waals surface area contributed by atoms with E-state index in [1.165, 1.54) is 6.92 Å². The molecule has 1 fully saturated rings. The molecule has 1 rings (SSSR count). The first-order valence-corrected chi connectivity index (χ1v) is 6.51. The Labute approximate surface area is 112 Å². The van der Waals surface area contributed by atoms with Crippen LogP contribution in [0.1, 0.15) is 40.0 Å². The first-order chi connectivity index (χ1) is 8.62. The van der Waals surface area contributed by atoms with E-state index in [9.17, 15) is 25.5 Å².